The van der Waals surface area contributed by atoms with E-state index in [1.54, 1.807) is 12.1 Å². The van der Waals surface area contributed by atoms with Crippen LogP contribution in [0.1, 0.15) is 18.5 Å². The van der Waals surface area contributed by atoms with Crippen molar-refractivity contribution in [3.05, 3.63) is 88.7 Å². The molecule has 1 aliphatic heterocycles. The van der Waals surface area contributed by atoms with Gasteiger partial charge in [0.1, 0.15) is 23.7 Å². The monoisotopic (exact) mass is 445 g/mol. The summed E-state index contributed by atoms with van der Waals surface area (Å²) in [5, 5.41) is 0.929. The van der Waals surface area contributed by atoms with Gasteiger partial charge in [-0.05, 0) is 48.2 Å². The van der Waals surface area contributed by atoms with Crippen molar-refractivity contribution in [1.29, 1.82) is 0 Å². The predicted octanol–water partition coefficient (Wildman–Crippen LogP) is 4.13. The van der Waals surface area contributed by atoms with Crippen LogP contribution >= 0.6 is 0 Å². The first-order valence-electron chi connectivity index (χ1n) is 10.9. The Morgan fingerprint density at radius 2 is 1.73 bits per heavy atom. The van der Waals surface area contributed by atoms with E-state index >= 15 is 0 Å². The number of rotatable bonds is 5. The Kier molecular flexibility index (Phi) is 5.75. The zero-order valence-corrected chi connectivity index (χ0v) is 18.2. The molecule has 1 unspecified atom stereocenters. The minimum absolute atomic E-state index is 0.156. The van der Waals surface area contributed by atoms with Gasteiger partial charge in [-0.3, -0.25) is 9.69 Å². The number of hydrogen-bond acceptors (Lipinski definition) is 6. The van der Waals surface area contributed by atoms with Crippen LogP contribution in [0.25, 0.3) is 10.9 Å². The summed E-state index contributed by atoms with van der Waals surface area (Å²) < 4.78 is 19.2. The van der Waals surface area contributed by atoms with Crippen LogP contribution in [0.3, 0.4) is 0 Å². The lowest BCUT2D eigenvalue weighted by atomic mass is 10.1. The second kappa shape index (κ2) is 8.99. The molecule has 5 rings (SSSR count). The summed E-state index contributed by atoms with van der Waals surface area (Å²) in [6, 6.07) is 17.6. The summed E-state index contributed by atoms with van der Waals surface area (Å²) in [6.07, 6.45) is 1.50. The van der Waals surface area contributed by atoms with Crippen LogP contribution < -0.4 is 15.2 Å². The molecule has 0 spiro atoms. The fraction of sp³-hybridized carbons (Fsp3) is 0.240. The van der Waals surface area contributed by atoms with Gasteiger partial charge >= 0.3 is 0 Å². The Bertz CT molecular complexity index is 1320. The van der Waals surface area contributed by atoms with E-state index in [1.165, 1.54) is 24.5 Å². The maximum atomic E-state index is 13.2. The SMILES string of the molecule is CC(c1ccc(F)cc1)N1CCN(c2cc(Oc3ccc4ccc(=O)[nH]c4c3)ncn2)CC1. The molecule has 33 heavy (non-hydrogen) atoms. The molecule has 1 aliphatic rings. The van der Waals surface area contributed by atoms with E-state index < -0.39 is 0 Å². The van der Waals surface area contributed by atoms with Gasteiger partial charge in [0.25, 0.3) is 0 Å². The van der Waals surface area contributed by atoms with Crippen molar-refractivity contribution in [3.63, 3.8) is 0 Å². The largest absolute Gasteiger partial charge is 0.439 e. The van der Waals surface area contributed by atoms with Gasteiger partial charge in [-0.2, -0.15) is 0 Å². The average Bonchev–Trinajstić information content (AvgIpc) is 2.84. The number of hydrogen-bond donors (Lipinski definition) is 1. The zero-order valence-electron chi connectivity index (χ0n) is 18.2. The van der Waals surface area contributed by atoms with Crippen LogP contribution in [0.5, 0.6) is 11.6 Å². The second-order valence-electron chi connectivity index (χ2n) is 8.14. The van der Waals surface area contributed by atoms with Gasteiger partial charge in [-0.15, -0.1) is 0 Å². The van der Waals surface area contributed by atoms with E-state index in [0.717, 1.165) is 42.9 Å². The summed E-state index contributed by atoms with van der Waals surface area (Å²) >= 11 is 0. The second-order valence-corrected chi connectivity index (χ2v) is 8.14. The molecule has 8 heteroatoms. The topological polar surface area (TPSA) is 74.3 Å². The van der Waals surface area contributed by atoms with Crippen LogP contribution in [-0.4, -0.2) is 46.0 Å². The number of benzene rings is 2. The molecule has 0 radical (unpaired) electrons. The Morgan fingerprint density at radius 1 is 0.970 bits per heavy atom. The normalized spacial score (nSPS) is 15.5. The van der Waals surface area contributed by atoms with E-state index in [4.69, 9.17) is 4.74 Å². The number of piperazine rings is 1. The molecule has 3 heterocycles. The molecule has 2 aromatic heterocycles. The number of nitrogens with zero attached hydrogens (tertiary/aromatic N) is 4. The Morgan fingerprint density at radius 3 is 2.52 bits per heavy atom. The number of anilines is 1. The van der Waals surface area contributed by atoms with Crippen molar-refractivity contribution >= 4 is 16.7 Å². The van der Waals surface area contributed by atoms with Crippen molar-refractivity contribution in [2.24, 2.45) is 0 Å². The Balaban J connectivity index is 1.25. The van der Waals surface area contributed by atoms with Crippen LogP contribution in [-0.2, 0) is 0 Å². The minimum atomic E-state index is -0.213. The third kappa shape index (κ3) is 4.70. The van der Waals surface area contributed by atoms with Gasteiger partial charge in [0.15, 0.2) is 0 Å². The molecule has 0 saturated carbocycles. The number of ether oxygens (including phenoxy) is 1. The predicted molar refractivity (Wildman–Crippen MR) is 125 cm³/mol. The quantitative estimate of drug-likeness (QED) is 0.498. The van der Waals surface area contributed by atoms with E-state index in [-0.39, 0.29) is 17.4 Å². The van der Waals surface area contributed by atoms with Crippen molar-refractivity contribution in [2.45, 2.75) is 13.0 Å². The lowest BCUT2D eigenvalue weighted by Crippen LogP contribution is -2.47. The number of nitrogens with one attached hydrogen (secondary N) is 1. The first kappa shape index (κ1) is 21.1. The smallest absolute Gasteiger partial charge is 0.248 e. The third-order valence-electron chi connectivity index (χ3n) is 6.09. The van der Waals surface area contributed by atoms with Crippen LogP contribution in [0.15, 0.2) is 71.8 Å². The first-order chi connectivity index (χ1) is 16.0. The summed E-state index contributed by atoms with van der Waals surface area (Å²) in [5.41, 5.74) is 1.66. The fourth-order valence-corrected chi connectivity index (χ4v) is 4.16. The number of aromatic amines is 1. The van der Waals surface area contributed by atoms with Crippen molar-refractivity contribution < 1.29 is 9.13 Å². The molecule has 0 amide bonds. The van der Waals surface area contributed by atoms with Gasteiger partial charge in [-0.1, -0.05) is 12.1 Å². The highest BCUT2D eigenvalue weighted by molar-refractivity contribution is 5.79. The Labute approximate surface area is 190 Å². The molecular formula is C25H24FN5O2. The minimum Gasteiger partial charge on any atom is -0.439 e. The molecular weight excluding hydrogens is 421 g/mol. The van der Waals surface area contributed by atoms with Gasteiger partial charge in [-0.25, -0.2) is 14.4 Å². The highest BCUT2D eigenvalue weighted by Gasteiger charge is 2.23. The summed E-state index contributed by atoms with van der Waals surface area (Å²) in [7, 11) is 0. The first-order valence-corrected chi connectivity index (χ1v) is 10.9. The molecule has 4 aromatic rings. The van der Waals surface area contributed by atoms with Crippen molar-refractivity contribution in [3.8, 4) is 11.6 Å². The van der Waals surface area contributed by atoms with E-state index in [9.17, 15) is 9.18 Å². The van der Waals surface area contributed by atoms with Gasteiger partial charge in [0, 0.05) is 50.4 Å². The maximum absolute atomic E-state index is 13.2. The highest BCUT2D eigenvalue weighted by atomic mass is 19.1. The Hall–Kier alpha value is -3.78. The molecule has 2 aromatic carbocycles. The van der Waals surface area contributed by atoms with Crippen LogP contribution in [0.2, 0.25) is 0 Å². The average molecular weight is 445 g/mol. The fourth-order valence-electron chi connectivity index (χ4n) is 4.16. The summed E-state index contributed by atoms with van der Waals surface area (Å²) in [5.74, 6) is 1.63. The van der Waals surface area contributed by atoms with Crippen molar-refractivity contribution in [1.82, 2.24) is 19.9 Å². The molecule has 0 aliphatic carbocycles. The van der Waals surface area contributed by atoms with Gasteiger partial charge < -0.3 is 14.6 Å². The van der Waals surface area contributed by atoms with E-state index in [1.807, 2.05) is 30.3 Å². The number of pyridine rings is 1. The molecule has 1 saturated heterocycles. The molecule has 7 nitrogen and oxygen atoms in total. The molecule has 0 bridgehead atoms. The van der Waals surface area contributed by atoms with Crippen molar-refractivity contribution in [2.75, 3.05) is 31.1 Å². The number of aromatic nitrogens is 3. The van der Waals surface area contributed by atoms with Gasteiger partial charge in [0.05, 0.1) is 5.52 Å². The number of halogens is 1. The molecule has 1 fully saturated rings. The summed E-state index contributed by atoms with van der Waals surface area (Å²) in [6.45, 7) is 5.53. The van der Waals surface area contributed by atoms with E-state index in [0.29, 0.717) is 17.1 Å². The number of fused-ring (bicyclic) bond motifs is 1. The highest BCUT2D eigenvalue weighted by Crippen LogP contribution is 2.27. The zero-order chi connectivity index (χ0) is 22.8. The summed E-state index contributed by atoms with van der Waals surface area (Å²) in [4.78, 5) is 27.7. The lowest BCUT2D eigenvalue weighted by Gasteiger charge is -2.38. The van der Waals surface area contributed by atoms with E-state index in [2.05, 4.69) is 31.7 Å². The van der Waals surface area contributed by atoms with Crippen LogP contribution in [0, 0.1) is 5.82 Å². The standard InChI is InChI=1S/C25H24FN5O2/c1-17(18-2-6-20(26)7-3-18)30-10-12-31(13-11-30)23-15-25(28-16-27-23)33-21-8-4-19-5-9-24(32)29-22(19)14-21/h2-9,14-17H,10-13H2,1H3,(H,29,32). The third-order valence-corrected chi connectivity index (χ3v) is 6.09. The molecule has 168 valence electrons. The van der Waals surface area contributed by atoms with Crippen LogP contribution in [0.4, 0.5) is 10.2 Å². The lowest BCUT2D eigenvalue weighted by molar-refractivity contribution is 0.198. The number of H-pyrrole nitrogens is 1. The molecule has 1 N–H and O–H groups in total. The molecule has 1 atom stereocenters. The maximum Gasteiger partial charge on any atom is 0.248 e. The van der Waals surface area contributed by atoms with Gasteiger partial charge in [0.2, 0.25) is 11.4 Å².